The Labute approximate surface area is 76.9 Å². The summed E-state index contributed by atoms with van der Waals surface area (Å²) in [6.45, 7) is 3.90. The number of hydrogen-bond donors (Lipinski definition) is 0. The average Bonchev–Trinajstić information content (AvgIpc) is 2.07. The Morgan fingerprint density at radius 1 is 1.23 bits per heavy atom. The molecule has 0 aliphatic rings. The van der Waals surface area contributed by atoms with E-state index >= 15 is 0 Å². The van der Waals surface area contributed by atoms with Crippen molar-refractivity contribution in [2.45, 2.75) is 13.8 Å². The third-order valence-corrected chi connectivity index (χ3v) is 2.14. The fourth-order valence-corrected chi connectivity index (χ4v) is 1.56. The quantitative estimate of drug-likeness (QED) is 0.608. The number of para-hydroxylation sites is 1. The van der Waals surface area contributed by atoms with Crippen LogP contribution in [-0.2, 0) is 0 Å². The van der Waals surface area contributed by atoms with Gasteiger partial charge in [-0.1, -0.05) is 23.9 Å². The Hall–Kier alpha value is -1.57. The summed E-state index contributed by atoms with van der Waals surface area (Å²) >= 11 is 0. The van der Waals surface area contributed by atoms with E-state index in [0.717, 1.165) is 16.6 Å². The number of hydrogen-bond acceptors (Lipinski definition) is 2. The Morgan fingerprint density at radius 3 is 2.77 bits per heavy atom. The number of aromatic nitrogens is 1. The third kappa shape index (κ3) is 1.24. The summed E-state index contributed by atoms with van der Waals surface area (Å²) in [5.41, 5.74) is 2.59. The van der Waals surface area contributed by atoms with E-state index in [1.807, 2.05) is 26.0 Å². The van der Waals surface area contributed by atoms with Crippen LogP contribution in [0.4, 0.5) is 0 Å². The van der Waals surface area contributed by atoms with Gasteiger partial charge in [0.1, 0.15) is 0 Å². The van der Waals surface area contributed by atoms with Gasteiger partial charge in [0.25, 0.3) is 0 Å². The van der Waals surface area contributed by atoms with Gasteiger partial charge in [0.05, 0.1) is 5.52 Å². The normalized spacial score (nSPS) is 10.6. The number of aryl methyl sites for hydroxylation is 2. The minimum absolute atomic E-state index is 0.00398. The van der Waals surface area contributed by atoms with Gasteiger partial charge in [-0.05, 0) is 25.5 Å². The van der Waals surface area contributed by atoms with Crippen molar-refractivity contribution in [2.24, 2.45) is 0 Å². The SMILES string of the molecule is Cc1cc(C)c2cccc([O-])c2n1. The first-order valence-electron chi connectivity index (χ1n) is 4.22. The maximum atomic E-state index is 11.4. The lowest BCUT2D eigenvalue weighted by Crippen LogP contribution is -1.95. The molecule has 2 rings (SSSR count). The van der Waals surface area contributed by atoms with Crippen molar-refractivity contribution in [2.75, 3.05) is 0 Å². The molecule has 0 N–H and O–H groups in total. The monoisotopic (exact) mass is 172 g/mol. The summed E-state index contributed by atoms with van der Waals surface area (Å²) < 4.78 is 0. The number of nitrogens with zero attached hydrogens (tertiary/aromatic N) is 1. The second-order valence-electron chi connectivity index (χ2n) is 3.23. The molecule has 2 nitrogen and oxygen atoms in total. The molecule has 0 aliphatic carbocycles. The van der Waals surface area contributed by atoms with Gasteiger partial charge in [0.2, 0.25) is 0 Å². The van der Waals surface area contributed by atoms with Gasteiger partial charge >= 0.3 is 0 Å². The summed E-state index contributed by atoms with van der Waals surface area (Å²) in [6, 6.07) is 7.24. The van der Waals surface area contributed by atoms with Crippen LogP contribution >= 0.6 is 0 Å². The molecule has 13 heavy (non-hydrogen) atoms. The third-order valence-electron chi connectivity index (χ3n) is 2.14. The first-order chi connectivity index (χ1) is 6.18. The van der Waals surface area contributed by atoms with Crippen LogP contribution in [0.2, 0.25) is 0 Å². The Bertz CT molecular complexity index is 463. The summed E-state index contributed by atoms with van der Waals surface area (Å²) in [6.07, 6.45) is 0. The molecule has 0 radical (unpaired) electrons. The maximum Gasteiger partial charge on any atom is 0.0629 e. The fraction of sp³-hybridized carbons (Fsp3) is 0.182. The molecule has 0 spiro atoms. The summed E-state index contributed by atoms with van der Waals surface area (Å²) in [5, 5.41) is 12.4. The minimum atomic E-state index is 0.00398. The van der Waals surface area contributed by atoms with E-state index < -0.39 is 0 Å². The van der Waals surface area contributed by atoms with Crippen molar-refractivity contribution >= 4 is 10.9 Å². The van der Waals surface area contributed by atoms with Crippen LogP contribution in [0.25, 0.3) is 10.9 Å². The predicted molar refractivity (Wildman–Crippen MR) is 50.7 cm³/mol. The highest BCUT2D eigenvalue weighted by Crippen LogP contribution is 2.23. The van der Waals surface area contributed by atoms with E-state index in [2.05, 4.69) is 4.98 Å². The van der Waals surface area contributed by atoms with Gasteiger partial charge in [-0.2, -0.15) is 0 Å². The van der Waals surface area contributed by atoms with Gasteiger partial charge in [-0.25, -0.2) is 0 Å². The standard InChI is InChI=1S/C11H11NO/c1-7-6-8(2)12-11-9(7)4-3-5-10(11)13/h3-6,13H,1-2H3/p-1. The molecular weight excluding hydrogens is 162 g/mol. The van der Waals surface area contributed by atoms with Gasteiger partial charge in [-0.15, -0.1) is 0 Å². The largest absolute Gasteiger partial charge is 0.871 e. The molecular formula is C11H10NO-. The first kappa shape index (κ1) is 8.05. The Morgan fingerprint density at radius 2 is 2.00 bits per heavy atom. The molecule has 0 aliphatic heterocycles. The fourth-order valence-electron chi connectivity index (χ4n) is 1.56. The number of pyridine rings is 1. The van der Waals surface area contributed by atoms with Crippen molar-refractivity contribution < 1.29 is 5.11 Å². The Balaban J connectivity index is 2.94. The smallest absolute Gasteiger partial charge is 0.0629 e. The molecule has 66 valence electrons. The summed E-state index contributed by atoms with van der Waals surface area (Å²) in [4.78, 5) is 4.22. The van der Waals surface area contributed by atoms with E-state index in [1.165, 1.54) is 0 Å². The van der Waals surface area contributed by atoms with Crippen molar-refractivity contribution in [3.63, 3.8) is 0 Å². The lowest BCUT2D eigenvalue weighted by atomic mass is 10.1. The van der Waals surface area contributed by atoms with Crippen LogP contribution in [0.3, 0.4) is 0 Å². The predicted octanol–water partition coefficient (Wildman–Crippen LogP) is 1.93. The molecule has 0 amide bonds. The number of fused-ring (bicyclic) bond motifs is 1. The van der Waals surface area contributed by atoms with E-state index in [4.69, 9.17) is 0 Å². The Kier molecular flexibility index (Phi) is 1.69. The van der Waals surface area contributed by atoms with Crippen LogP contribution in [0.1, 0.15) is 11.3 Å². The summed E-state index contributed by atoms with van der Waals surface area (Å²) in [5.74, 6) is 0.00398. The van der Waals surface area contributed by atoms with Gasteiger partial charge in [-0.3, -0.25) is 4.98 Å². The van der Waals surface area contributed by atoms with E-state index in [-0.39, 0.29) is 5.75 Å². The number of rotatable bonds is 0. The van der Waals surface area contributed by atoms with Crippen molar-refractivity contribution in [1.29, 1.82) is 0 Å². The van der Waals surface area contributed by atoms with E-state index in [0.29, 0.717) is 5.52 Å². The summed E-state index contributed by atoms with van der Waals surface area (Å²) in [7, 11) is 0. The van der Waals surface area contributed by atoms with Gasteiger partial charge in [0.15, 0.2) is 0 Å². The van der Waals surface area contributed by atoms with Crippen LogP contribution < -0.4 is 5.11 Å². The number of benzene rings is 1. The molecule has 1 aromatic carbocycles. The van der Waals surface area contributed by atoms with Gasteiger partial charge < -0.3 is 5.11 Å². The zero-order valence-electron chi connectivity index (χ0n) is 7.66. The minimum Gasteiger partial charge on any atom is -0.871 e. The van der Waals surface area contributed by atoms with Crippen LogP contribution in [0, 0.1) is 13.8 Å². The van der Waals surface area contributed by atoms with Crippen molar-refractivity contribution in [3.8, 4) is 5.75 Å². The highest BCUT2D eigenvalue weighted by atomic mass is 16.3. The van der Waals surface area contributed by atoms with E-state index in [1.54, 1.807) is 12.1 Å². The molecule has 0 atom stereocenters. The molecule has 0 bridgehead atoms. The van der Waals surface area contributed by atoms with Crippen molar-refractivity contribution in [1.82, 2.24) is 4.98 Å². The molecule has 0 fully saturated rings. The zero-order valence-corrected chi connectivity index (χ0v) is 7.66. The lowest BCUT2D eigenvalue weighted by molar-refractivity contribution is -0.266. The molecule has 1 heterocycles. The highest BCUT2D eigenvalue weighted by Gasteiger charge is 1.99. The molecule has 0 unspecified atom stereocenters. The second-order valence-corrected chi connectivity index (χ2v) is 3.23. The lowest BCUT2D eigenvalue weighted by Gasteiger charge is -2.11. The first-order valence-corrected chi connectivity index (χ1v) is 4.22. The second kappa shape index (κ2) is 2.73. The molecule has 0 saturated heterocycles. The highest BCUT2D eigenvalue weighted by molar-refractivity contribution is 5.86. The van der Waals surface area contributed by atoms with Crippen LogP contribution in [-0.4, -0.2) is 4.98 Å². The van der Waals surface area contributed by atoms with Crippen molar-refractivity contribution in [3.05, 3.63) is 35.5 Å². The molecule has 2 heteroatoms. The van der Waals surface area contributed by atoms with Crippen LogP contribution in [0.5, 0.6) is 5.75 Å². The molecule has 1 aromatic heterocycles. The molecule has 0 saturated carbocycles. The topological polar surface area (TPSA) is 36.0 Å². The maximum absolute atomic E-state index is 11.4. The van der Waals surface area contributed by atoms with Crippen LogP contribution in [0.15, 0.2) is 24.3 Å². The molecule has 2 aromatic rings. The van der Waals surface area contributed by atoms with E-state index in [9.17, 15) is 5.11 Å². The van der Waals surface area contributed by atoms with Gasteiger partial charge in [0, 0.05) is 11.1 Å². The zero-order chi connectivity index (χ0) is 9.42. The average molecular weight is 172 g/mol.